The number of nitrogens with zero attached hydrogens (tertiary/aromatic N) is 1. The lowest BCUT2D eigenvalue weighted by Crippen LogP contribution is -2.56. The molecule has 1 aliphatic carbocycles. The zero-order valence-electron chi connectivity index (χ0n) is 36.3. The van der Waals surface area contributed by atoms with Crippen LogP contribution in [0.2, 0.25) is 54.4 Å². The number of hydrogen-bond acceptors (Lipinski definition) is 7. The molecule has 4 unspecified atom stereocenters. The van der Waals surface area contributed by atoms with Crippen LogP contribution in [-0.4, -0.2) is 59.1 Å². The van der Waals surface area contributed by atoms with Crippen LogP contribution in [0.25, 0.3) is 0 Å². The van der Waals surface area contributed by atoms with E-state index in [1.165, 1.54) is 0 Å². The molecule has 300 valence electrons. The maximum absolute atomic E-state index is 14.4. The molecular weight excluding hydrogens is 715 g/mol. The SMILES string of the molecule is C=CC(CC=CCCCCC(O)CC(=O)C1(C(CC(O[Si](C)(C)C(C)(C)C)c2csc(C)n2)O[Si](C)(C)C(C)(C)C)CCC1)O[Si](C)(C)C(C)(C)C. The summed E-state index contributed by atoms with van der Waals surface area (Å²) in [6.45, 7) is 40.2. The number of aliphatic hydroxyl groups is 1. The van der Waals surface area contributed by atoms with Crippen LogP contribution in [0.4, 0.5) is 0 Å². The molecule has 1 N–H and O–H groups in total. The molecule has 0 radical (unpaired) electrons. The molecule has 4 atom stereocenters. The monoisotopic (exact) mass is 793 g/mol. The van der Waals surface area contributed by atoms with Crippen molar-refractivity contribution >= 4 is 42.1 Å². The van der Waals surface area contributed by atoms with E-state index < -0.39 is 36.5 Å². The number of hydrogen-bond donors (Lipinski definition) is 1. The summed E-state index contributed by atoms with van der Waals surface area (Å²) < 4.78 is 21.0. The van der Waals surface area contributed by atoms with Crippen LogP contribution in [-0.2, 0) is 18.1 Å². The number of rotatable bonds is 21. The lowest BCUT2D eigenvalue weighted by atomic mass is 9.60. The molecule has 0 aromatic carbocycles. The molecular formula is C42H79NO5SSi3. The second kappa shape index (κ2) is 18.5. The minimum absolute atomic E-state index is 0.00936. The summed E-state index contributed by atoms with van der Waals surface area (Å²) in [4.78, 5) is 19.4. The second-order valence-corrected chi connectivity index (χ2v) is 35.5. The van der Waals surface area contributed by atoms with Gasteiger partial charge in [0.25, 0.3) is 0 Å². The number of unbranched alkanes of at least 4 members (excludes halogenated alkanes) is 2. The van der Waals surface area contributed by atoms with Gasteiger partial charge in [-0.15, -0.1) is 17.9 Å². The van der Waals surface area contributed by atoms with Gasteiger partial charge in [-0.25, -0.2) is 4.98 Å². The first kappa shape index (κ1) is 47.4. The highest BCUT2D eigenvalue weighted by atomic mass is 32.1. The highest BCUT2D eigenvalue weighted by molar-refractivity contribution is 7.09. The molecule has 1 aromatic rings. The third-order valence-corrected chi connectivity index (χ3v) is 27.2. The van der Waals surface area contributed by atoms with Crippen molar-refractivity contribution in [3.8, 4) is 0 Å². The van der Waals surface area contributed by atoms with Gasteiger partial charge in [0.15, 0.2) is 25.0 Å². The Morgan fingerprint density at radius 2 is 1.44 bits per heavy atom. The largest absolute Gasteiger partial charge is 0.413 e. The molecule has 52 heavy (non-hydrogen) atoms. The number of Topliss-reactive ketones (excluding diaryl/α,β-unsaturated/α-hetero) is 1. The Morgan fingerprint density at radius 3 is 1.90 bits per heavy atom. The number of aromatic nitrogens is 1. The van der Waals surface area contributed by atoms with Gasteiger partial charge in [-0.05, 0) is 99.8 Å². The molecule has 0 spiro atoms. The van der Waals surface area contributed by atoms with Gasteiger partial charge in [0.05, 0.1) is 40.5 Å². The average molecular weight is 794 g/mol. The number of ketones is 1. The Morgan fingerprint density at radius 1 is 0.904 bits per heavy atom. The summed E-state index contributed by atoms with van der Waals surface area (Å²) in [5.74, 6) is 0.160. The molecule has 0 saturated heterocycles. The first-order chi connectivity index (χ1) is 23.6. The van der Waals surface area contributed by atoms with E-state index in [2.05, 4.69) is 126 Å². The maximum atomic E-state index is 14.4. The van der Waals surface area contributed by atoms with E-state index >= 15 is 0 Å². The number of aliphatic hydroxyl groups excluding tert-OH is 1. The summed E-state index contributed by atoms with van der Waals surface area (Å²) in [6, 6.07) is 0. The third-order valence-electron chi connectivity index (χ3n) is 12.9. The van der Waals surface area contributed by atoms with Gasteiger partial charge < -0.3 is 18.4 Å². The van der Waals surface area contributed by atoms with E-state index in [0.717, 1.165) is 55.6 Å². The standard InChI is InChI=1S/C42H79NO5SSi3/c1-18-34(46-50(12,13)39(3,4)5)26-23-21-19-20-22-25-33(44)29-37(45)42(27-24-28-42)38(48-52(16,17)41(9,10)11)30-36(35-31-49-32(2)43-35)47-51(14,15)40(6,7)8/h18,21,23,31,33-34,36,38,44H,1,19-20,22,24-30H2,2-17H3. The summed E-state index contributed by atoms with van der Waals surface area (Å²) >= 11 is 1.65. The smallest absolute Gasteiger partial charge is 0.192 e. The molecule has 6 nitrogen and oxygen atoms in total. The normalized spacial score (nSPS) is 18.6. The maximum Gasteiger partial charge on any atom is 0.192 e. The fraction of sp³-hybridized carbons (Fsp3) is 0.810. The lowest BCUT2D eigenvalue weighted by Gasteiger charge is -2.52. The molecule has 2 rings (SSSR count). The number of carbonyl (C=O) groups excluding carboxylic acids is 1. The first-order valence-corrected chi connectivity index (χ1v) is 29.6. The Hall–Kier alpha value is -0.729. The molecule has 1 heterocycles. The molecule has 10 heteroatoms. The van der Waals surface area contributed by atoms with E-state index in [4.69, 9.17) is 18.3 Å². The molecule has 1 aromatic heterocycles. The van der Waals surface area contributed by atoms with Crippen LogP contribution in [0.1, 0.15) is 143 Å². The van der Waals surface area contributed by atoms with Crippen molar-refractivity contribution in [3.05, 3.63) is 40.9 Å². The number of aryl methyl sites for hydroxylation is 1. The van der Waals surface area contributed by atoms with Crippen molar-refractivity contribution in [2.45, 2.75) is 212 Å². The lowest BCUT2D eigenvalue weighted by molar-refractivity contribution is -0.147. The number of allylic oxidation sites excluding steroid dienone is 1. The molecule has 0 aliphatic heterocycles. The van der Waals surface area contributed by atoms with Crippen molar-refractivity contribution in [3.63, 3.8) is 0 Å². The van der Waals surface area contributed by atoms with Crippen LogP contribution in [0.15, 0.2) is 30.2 Å². The second-order valence-electron chi connectivity index (χ2n) is 20.2. The minimum atomic E-state index is -2.27. The van der Waals surface area contributed by atoms with Crippen LogP contribution in [0.5, 0.6) is 0 Å². The van der Waals surface area contributed by atoms with Crippen molar-refractivity contribution in [1.82, 2.24) is 4.98 Å². The Labute approximate surface area is 327 Å². The number of thiazole rings is 1. The topological polar surface area (TPSA) is 77.9 Å². The van der Waals surface area contributed by atoms with Gasteiger partial charge in [0.1, 0.15) is 5.78 Å². The third kappa shape index (κ3) is 12.9. The van der Waals surface area contributed by atoms with E-state index in [9.17, 15) is 9.90 Å². The molecule has 0 bridgehead atoms. The summed E-state index contributed by atoms with van der Waals surface area (Å²) in [6.07, 6.45) is 12.9. The zero-order valence-corrected chi connectivity index (χ0v) is 40.1. The molecule has 1 saturated carbocycles. The Kier molecular flexibility index (Phi) is 16.9. The van der Waals surface area contributed by atoms with Crippen molar-refractivity contribution < 1.29 is 23.2 Å². The van der Waals surface area contributed by atoms with E-state index in [0.29, 0.717) is 12.8 Å². The van der Waals surface area contributed by atoms with Gasteiger partial charge >= 0.3 is 0 Å². The molecule has 1 aliphatic rings. The van der Waals surface area contributed by atoms with Gasteiger partial charge in [-0.3, -0.25) is 4.79 Å². The average Bonchev–Trinajstić information content (AvgIpc) is 3.38. The fourth-order valence-electron chi connectivity index (χ4n) is 6.00. The van der Waals surface area contributed by atoms with Gasteiger partial charge in [-0.2, -0.15) is 0 Å². The van der Waals surface area contributed by atoms with Gasteiger partial charge in [0.2, 0.25) is 0 Å². The zero-order chi connectivity index (χ0) is 40.0. The first-order valence-electron chi connectivity index (χ1n) is 20.0. The van der Waals surface area contributed by atoms with Crippen LogP contribution < -0.4 is 0 Å². The Bertz CT molecular complexity index is 1310. The molecule has 0 amide bonds. The predicted octanol–water partition coefficient (Wildman–Crippen LogP) is 12.9. The minimum Gasteiger partial charge on any atom is -0.413 e. The summed E-state index contributed by atoms with van der Waals surface area (Å²) in [5, 5.41) is 14.5. The summed E-state index contributed by atoms with van der Waals surface area (Å²) in [7, 11) is -6.29. The van der Waals surface area contributed by atoms with E-state index in [1.54, 1.807) is 11.3 Å². The highest BCUT2D eigenvalue weighted by Crippen LogP contribution is 2.53. The van der Waals surface area contributed by atoms with Crippen molar-refractivity contribution in [2.75, 3.05) is 0 Å². The fourth-order valence-corrected chi connectivity index (χ4v) is 10.6. The van der Waals surface area contributed by atoms with Gasteiger partial charge in [-0.1, -0.05) is 93.4 Å². The number of carbonyl (C=O) groups is 1. The van der Waals surface area contributed by atoms with Crippen molar-refractivity contribution in [2.24, 2.45) is 5.41 Å². The molecule has 1 fully saturated rings. The van der Waals surface area contributed by atoms with E-state index in [-0.39, 0.29) is 45.6 Å². The van der Waals surface area contributed by atoms with Gasteiger partial charge in [0, 0.05) is 18.2 Å². The highest BCUT2D eigenvalue weighted by Gasteiger charge is 2.54. The predicted molar refractivity (Wildman–Crippen MR) is 231 cm³/mol. The van der Waals surface area contributed by atoms with Crippen LogP contribution in [0.3, 0.4) is 0 Å². The Balaban J connectivity index is 2.16. The van der Waals surface area contributed by atoms with E-state index in [1.807, 2.05) is 13.0 Å². The van der Waals surface area contributed by atoms with Crippen LogP contribution in [0, 0.1) is 12.3 Å². The van der Waals surface area contributed by atoms with Crippen LogP contribution >= 0.6 is 11.3 Å². The van der Waals surface area contributed by atoms with Crippen molar-refractivity contribution in [1.29, 1.82) is 0 Å². The summed E-state index contributed by atoms with van der Waals surface area (Å²) in [5.41, 5.74) is 0.350. The quantitative estimate of drug-likeness (QED) is 0.0759.